The third-order valence-corrected chi connectivity index (χ3v) is 6.25. The first-order chi connectivity index (χ1) is 14.9. The highest BCUT2D eigenvalue weighted by molar-refractivity contribution is 7.92. The maximum atomic E-state index is 12.7. The van der Waals surface area contributed by atoms with E-state index in [2.05, 4.69) is 15.0 Å². The van der Waals surface area contributed by atoms with Gasteiger partial charge >= 0.3 is 0 Å². The van der Waals surface area contributed by atoms with Crippen LogP contribution in [0.2, 0.25) is 5.02 Å². The lowest BCUT2D eigenvalue weighted by atomic mass is 10.1. The summed E-state index contributed by atoms with van der Waals surface area (Å²) in [6, 6.07) is 18.0. The van der Waals surface area contributed by atoms with Gasteiger partial charge in [0.25, 0.3) is 15.9 Å². The van der Waals surface area contributed by atoms with Crippen molar-refractivity contribution in [2.75, 3.05) is 11.3 Å². The molecule has 2 heterocycles. The summed E-state index contributed by atoms with van der Waals surface area (Å²) in [7, 11) is -3.87. The van der Waals surface area contributed by atoms with Crippen molar-refractivity contribution in [2.24, 2.45) is 0 Å². The molecule has 0 radical (unpaired) electrons. The zero-order valence-corrected chi connectivity index (χ0v) is 17.9. The molecule has 158 valence electrons. The molecule has 2 aromatic heterocycles. The Morgan fingerprint density at radius 1 is 1.00 bits per heavy atom. The fraction of sp³-hybridized carbons (Fsp3) is 0.0909. The maximum absolute atomic E-state index is 12.7. The fourth-order valence-corrected chi connectivity index (χ4v) is 4.30. The van der Waals surface area contributed by atoms with E-state index in [1.807, 2.05) is 35.0 Å². The quantitative estimate of drug-likeness (QED) is 0.444. The van der Waals surface area contributed by atoms with E-state index in [0.29, 0.717) is 18.0 Å². The predicted molar refractivity (Wildman–Crippen MR) is 120 cm³/mol. The van der Waals surface area contributed by atoms with E-state index >= 15 is 0 Å². The first kappa shape index (κ1) is 20.9. The van der Waals surface area contributed by atoms with E-state index in [-0.39, 0.29) is 22.1 Å². The number of fused-ring (bicyclic) bond motifs is 1. The van der Waals surface area contributed by atoms with Gasteiger partial charge in [-0.3, -0.25) is 9.52 Å². The number of para-hydroxylation sites is 1. The van der Waals surface area contributed by atoms with E-state index in [1.165, 1.54) is 24.3 Å². The average Bonchev–Trinajstić information content (AvgIpc) is 3.17. The number of nitrogens with zero attached hydrogens (tertiary/aromatic N) is 2. The summed E-state index contributed by atoms with van der Waals surface area (Å²) in [6.07, 6.45) is 4.37. The Kier molecular flexibility index (Phi) is 5.92. The van der Waals surface area contributed by atoms with Gasteiger partial charge < -0.3 is 9.72 Å². The van der Waals surface area contributed by atoms with Crippen LogP contribution in [0.1, 0.15) is 16.1 Å². The van der Waals surface area contributed by atoms with E-state index in [9.17, 15) is 13.2 Å². The van der Waals surface area contributed by atoms with Crippen molar-refractivity contribution < 1.29 is 13.2 Å². The minimum atomic E-state index is -3.87. The standard InChI is InChI=1S/C22H19ClN4O3S/c23-16-8-10-18(11-9-16)31(29,30)26-20-6-2-1-5-19(20)22(28)24-13-12-17-15-27-14-4-3-7-21(27)25-17/h1-11,14-15,26H,12-13H2,(H,24,28). The van der Waals surface area contributed by atoms with Gasteiger partial charge in [0.15, 0.2) is 0 Å². The first-order valence-electron chi connectivity index (χ1n) is 9.51. The largest absolute Gasteiger partial charge is 0.352 e. The summed E-state index contributed by atoms with van der Waals surface area (Å²) in [6.45, 7) is 0.362. The molecule has 0 aliphatic carbocycles. The summed E-state index contributed by atoms with van der Waals surface area (Å²) in [4.78, 5) is 17.3. The van der Waals surface area contributed by atoms with Crippen LogP contribution in [0.25, 0.3) is 5.65 Å². The molecule has 0 aliphatic rings. The molecule has 7 nitrogen and oxygen atoms in total. The van der Waals surface area contributed by atoms with Crippen LogP contribution in [-0.2, 0) is 16.4 Å². The van der Waals surface area contributed by atoms with Crippen molar-refractivity contribution in [1.29, 1.82) is 0 Å². The molecule has 4 aromatic rings. The fourth-order valence-electron chi connectivity index (χ4n) is 3.09. The number of carbonyl (C=O) groups is 1. The van der Waals surface area contributed by atoms with Crippen LogP contribution in [0.3, 0.4) is 0 Å². The van der Waals surface area contributed by atoms with E-state index in [1.54, 1.807) is 24.3 Å². The van der Waals surface area contributed by atoms with Gasteiger partial charge in [0, 0.05) is 30.4 Å². The molecule has 0 atom stereocenters. The summed E-state index contributed by atoms with van der Waals surface area (Å²) in [5.41, 5.74) is 2.12. The zero-order chi connectivity index (χ0) is 21.8. The molecule has 31 heavy (non-hydrogen) atoms. The van der Waals surface area contributed by atoms with Crippen LogP contribution in [0.15, 0.2) is 84.0 Å². The molecule has 0 bridgehead atoms. The van der Waals surface area contributed by atoms with Crippen molar-refractivity contribution in [2.45, 2.75) is 11.3 Å². The molecule has 2 aromatic carbocycles. The monoisotopic (exact) mass is 454 g/mol. The maximum Gasteiger partial charge on any atom is 0.261 e. The molecule has 9 heteroatoms. The summed E-state index contributed by atoms with van der Waals surface area (Å²) < 4.78 is 29.7. The Hall–Kier alpha value is -3.36. The second-order valence-electron chi connectivity index (χ2n) is 6.81. The molecule has 1 amide bonds. The Morgan fingerprint density at radius 3 is 2.52 bits per heavy atom. The van der Waals surface area contributed by atoms with Crippen LogP contribution in [0, 0.1) is 0 Å². The number of benzene rings is 2. The first-order valence-corrected chi connectivity index (χ1v) is 11.4. The SMILES string of the molecule is O=C(NCCc1cn2ccccc2n1)c1ccccc1NS(=O)(=O)c1ccc(Cl)cc1. The van der Waals surface area contributed by atoms with Gasteiger partial charge in [0.2, 0.25) is 0 Å². The number of amides is 1. The summed E-state index contributed by atoms with van der Waals surface area (Å²) >= 11 is 5.83. The van der Waals surface area contributed by atoms with Crippen molar-refractivity contribution in [3.05, 3.63) is 95.4 Å². The minimum Gasteiger partial charge on any atom is -0.352 e. The van der Waals surface area contributed by atoms with Gasteiger partial charge in [-0.2, -0.15) is 0 Å². The molecule has 0 unspecified atom stereocenters. The van der Waals surface area contributed by atoms with Gasteiger partial charge in [-0.05, 0) is 48.5 Å². The molecule has 0 fully saturated rings. The van der Waals surface area contributed by atoms with Crippen molar-refractivity contribution in [1.82, 2.24) is 14.7 Å². The van der Waals surface area contributed by atoms with Crippen LogP contribution < -0.4 is 10.0 Å². The zero-order valence-electron chi connectivity index (χ0n) is 16.3. The number of aromatic nitrogens is 2. The van der Waals surface area contributed by atoms with Gasteiger partial charge in [-0.15, -0.1) is 0 Å². The molecule has 0 aliphatic heterocycles. The second kappa shape index (κ2) is 8.79. The molecule has 0 saturated heterocycles. The molecule has 0 spiro atoms. The van der Waals surface area contributed by atoms with Gasteiger partial charge in [0.05, 0.1) is 21.8 Å². The number of sulfonamides is 1. The Labute approximate surface area is 184 Å². The lowest BCUT2D eigenvalue weighted by Gasteiger charge is -2.13. The topological polar surface area (TPSA) is 92.6 Å². The summed E-state index contributed by atoms with van der Waals surface area (Å²) in [5.74, 6) is -0.377. The van der Waals surface area contributed by atoms with Crippen molar-refractivity contribution in [3.8, 4) is 0 Å². The predicted octanol–water partition coefficient (Wildman–Crippen LogP) is 3.76. The molecular formula is C22H19ClN4O3S. The highest BCUT2D eigenvalue weighted by Crippen LogP contribution is 2.21. The van der Waals surface area contributed by atoms with Crippen LogP contribution in [-0.4, -0.2) is 30.3 Å². The van der Waals surface area contributed by atoms with Crippen LogP contribution in [0.5, 0.6) is 0 Å². The van der Waals surface area contributed by atoms with Crippen LogP contribution >= 0.6 is 11.6 Å². The third kappa shape index (κ3) is 4.87. The van der Waals surface area contributed by atoms with E-state index in [4.69, 9.17) is 11.6 Å². The van der Waals surface area contributed by atoms with E-state index < -0.39 is 10.0 Å². The number of carbonyl (C=O) groups excluding carboxylic acids is 1. The highest BCUT2D eigenvalue weighted by Gasteiger charge is 2.18. The number of imidazole rings is 1. The Balaban J connectivity index is 1.44. The molecule has 2 N–H and O–H groups in total. The number of rotatable bonds is 7. The number of hydrogen-bond acceptors (Lipinski definition) is 4. The number of halogens is 1. The molecule has 0 saturated carbocycles. The van der Waals surface area contributed by atoms with Crippen molar-refractivity contribution >= 4 is 38.9 Å². The number of hydrogen-bond donors (Lipinski definition) is 2. The smallest absolute Gasteiger partial charge is 0.261 e. The lowest BCUT2D eigenvalue weighted by molar-refractivity contribution is 0.0955. The van der Waals surface area contributed by atoms with Gasteiger partial charge in [-0.1, -0.05) is 29.8 Å². The van der Waals surface area contributed by atoms with Gasteiger partial charge in [0.1, 0.15) is 5.65 Å². The second-order valence-corrected chi connectivity index (χ2v) is 8.93. The number of nitrogens with one attached hydrogen (secondary N) is 2. The van der Waals surface area contributed by atoms with E-state index in [0.717, 1.165) is 11.3 Å². The van der Waals surface area contributed by atoms with Crippen molar-refractivity contribution in [3.63, 3.8) is 0 Å². The molecular weight excluding hydrogens is 436 g/mol. The summed E-state index contributed by atoms with van der Waals surface area (Å²) in [5, 5.41) is 3.26. The number of pyridine rings is 1. The average molecular weight is 455 g/mol. The Bertz CT molecular complexity index is 1300. The normalized spacial score (nSPS) is 11.4. The molecule has 4 rings (SSSR count). The lowest BCUT2D eigenvalue weighted by Crippen LogP contribution is -2.27. The highest BCUT2D eigenvalue weighted by atomic mass is 35.5. The minimum absolute atomic E-state index is 0.0546. The van der Waals surface area contributed by atoms with Crippen LogP contribution in [0.4, 0.5) is 5.69 Å². The number of anilines is 1. The Morgan fingerprint density at radius 2 is 1.74 bits per heavy atom. The third-order valence-electron chi connectivity index (χ3n) is 4.62. The van der Waals surface area contributed by atoms with Gasteiger partial charge in [-0.25, -0.2) is 13.4 Å².